The molecule has 0 radical (unpaired) electrons. The molecule has 31 heavy (non-hydrogen) atoms. The maximum atomic E-state index is 13.9. The second kappa shape index (κ2) is 9.43. The molecule has 2 amide bonds. The SMILES string of the molecule is O=C(Nc1ccc(C(=O)Nc2cc(F)ccc2N2CCCCC2)cc1)c1ccccc1. The minimum absolute atomic E-state index is 0.219. The lowest BCUT2D eigenvalue weighted by molar-refractivity contribution is 0.102. The highest BCUT2D eigenvalue weighted by Gasteiger charge is 2.17. The molecule has 158 valence electrons. The first-order chi connectivity index (χ1) is 15.1. The summed E-state index contributed by atoms with van der Waals surface area (Å²) in [4.78, 5) is 27.2. The zero-order valence-corrected chi connectivity index (χ0v) is 17.1. The first-order valence-corrected chi connectivity index (χ1v) is 10.4. The first kappa shape index (κ1) is 20.6. The van der Waals surface area contributed by atoms with Crippen LogP contribution in [0.2, 0.25) is 0 Å². The van der Waals surface area contributed by atoms with Gasteiger partial charge in [0.2, 0.25) is 0 Å². The standard InChI is InChI=1S/C25H24FN3O2/c26-20-11-14-23(29-15-5-2-6-16-29)22(17-20)28-25(31)19-9-12-21(13-10-19)27-24(30)18-7-3-1-4-8-18/h1,3-4,7-14,17H,2,5-6,15-16H2,(H,27,30)(H,28,31). The van der Waals surface area contributed by atoms with Crippen molar-refractivity contribution in [2.45, 2.75) is 19.3 Å². The number of anilines is 3. The van der Waals surface area contributed by atoms with Crippen molar-refractivity contribution in [1.82, 2.24) is 0 Å². The summed E-state index contributed by atoms with van der Waals surface area (Å²) >= 11 is 0. The van der Waals surface area contributed by atoms with Crippen LogP contribution in [0.15, 0.2) is 72.8 Å². The van der Waals surface area contributed by atoms with Gasteiger partial charge in [-0.25, -0.2) is 4.39 Å². The number of piperidine rings is 1. The van der Waals surface area contributed by atoms with Gasteiger partial charge < -0.3 is 15.5 Å². The number of hydrogen-bond donors (Lipinski definition) is 2. The lowest BCUT2D eigenvalue weighted by Crippen LogP contribution is -2.30. The van der Waals surface area contributed by atoms with Crippen molar-refractivity contribution in [3.05, 3.63) is 89.7 Å². The zero-order chi connectivity index (χ0) is 21.6. The van der Waals surface area contributed by atoms with Crippen LogP contribution in [0.1, 0.15) is 40.0 Å². The molecule has 0 saturated carbocycles. The van der Waals surface area contributed by atoms with Gasteiger partial charge in [0, 0.05) is 29.9 Å². The molecule has 6 heteroatoms. The van der Waals surface area contributed by atoms with Gasteiger partial charge in [0.15, 0.2) is 0 Å². The van der Waals surface area contributed by atoms with Crippen molar-refractivity contribution >= 4 is 28.9 Å². The highest BCUT2D eigenvalue weighted by Crippen LogP contribution is 2.30. The largest absolute Gasteiger partial charge is 0.370 e. The summed E-state index contributed by atoms with van der Waals surface area (Å²) < 4.78 is 13.9. The molecule has 0 spiro atoms. The topological polar surface area (TPSA) is 61.4 Å². The van der Waals surface area contributed by atoms with Crippen molar-refractivity contribution < 1.29 is 14.0 Å². The minimum Gasteiger partial charge on any atom is -0.370 e. The number of amides is 2. The smallest absolute Gasteiger partial charge is 0.255 e. The molecule has 0 bridgehead atoms. The molecule has 0 unspecified atom stereocenters. The fourth-order valence-corrected chi connectivity index (χ4v) is 3.71. The second-order valence-electron chi connectivity index (χ2n) is 7.56. The van der Waals surface area contributed by atoms with Gasteiger partial charge in [-0.3, -0.25) is 9.59 Å². The first-order valence-electron chi connectivity index (χ1n) is 10.4. The maximum Gasteiger partial charge on any atom is 0.255 e. The van der Waals surface area contributed by atoms with Gasteiger partial charge in [0.25, 0.3) is 11.8 Å². The Balaban J connectivity index is 1.45. The van der Waals surface area contributed by atoms with Gasteiger partial charge in [0.05, 0.1) is 11.4 Å². The molecule has 0 aromatic heterocycles. The summed E-state index contributed by atoms with van der Waals surface area (Å²) in [5.74, 6) is -0.941. The van der Waals surface area contributed by atoms with Crippen LogP contribution < -0.4 is 15.5 Å². The average Bonchev–Trinajstić information content (AvgIpc) is 2.81. The molecule has 1 aliphatic rings. The summed E-state index contributed by atoms with van der Waals surface area (Å²) in [7, 11) is 0. The fraction of sp³-hybridized carbons (Fsp3) is 0.200. The maximum absolute atomic E-state index is 13.9. The van der Waals surface area contributed by atoms with E-state index in [1.165, 1.54) is 18.6 Å². The molecular weight excluding hydrogens is 393 g/mol. The number of nitrogens with zero attached hydrogens (tertiary/aromatic N) is 1. The van der Waals surface area contributed by atoms with E-state index in [0.29, 0.717) is 22.5 Å². The Bertz CT molecular complexity index is 1060. The number of rotatable bonds is 5. The quantitative estimate of drug-likeness (QED) is 0.591. The predicted molar refractivity (Wildman–Crippen MR) is 121 cm³/mol. The third kappa shape index (κ3) is 5.09. The molecule has 3 aromatic carbocycles. The molecule has 3 aromatic rings. The van der Waals surface area contributed by atoms with Crippen LogP contribution in [0.25, 0.3) is 0 Å². The Kier molecular flexibility index (Phi) is 6.26. The Morgan fingerprint density at radius 1 is 0.742 bits per heavy atom. The zero-order valence-electron chi connectivity index (χ0n) is 17.1. The molecule has 1 fully saturated rings. The lowest BCUT2D eigenvalue weighted by atomic mass is 10.1. The van der Waals surface area contributed by atoms with E-state index in [-0.39, 0.29) is 11.8 Å². The predicted octanol–water partition coefficient (Wildman–Crippen LogP) is 5.32. The van der Waals surface area contributed by atoms with Gasteiger partial charge >= 0.3 is 0 Å². The fourth-order valence-electron chi connectivity index (χ4n) is 3.71. The lowest BCUT2D eigenvalue weighted by Gasteiger charge is -2.30. The van der Waals surface area contributed by atoms with Crippen molar-refractivity contribution in [2.75, 3.05) is 28.6 Å². The summed E-state index contributed by atoms with van der Waals surface area (Å²) in [5.41, 5.74) is 2.87. The summed E-state index contributed by atoms with van der Waals surface area (Å²) in [6.07, 6.45) is 3.36. The second-order valence-corrected chi connectivity index (χ2v) is 7.56. The molecule has 1 saturated heterocycles. The van der Waals surface area contributed by atoms with E-state index >= 15 is 0 Å². The number of carbonyl (C=O) groups is 2. The summed E-state index contributed by atoms with van der Waals surface area (Å²) in [6.45, 7) is 1.79. The van der Waals surface area contributed by atoms with Gasteiger partial charge in [-0.15, -0.1) is 0 Å². The molecule has 0 atom stereocenters. The van der Waals surface area contributed by atoms with Gasteiger partial charge in [0.1, 0.15) is 5.82 Å². The number of benzene rings is 3. The van der Waals surface area contributed by atoms with E-state index in [1.807, 2.05) is 6.07 Å². The third-order valence-corrected chi connectivity index (χ3v) is 5.34. The Labute approximate surface area is 180 Å². The molecule has 5 nitrogen and oxygen atoms in total. The van der Waals surface area contributed by atoms with E-state index < -0.39 is 5.82 Å². The number of hydrogen-bond acceptors (Lipinski definition) is 3. The highest BCUT2D eigenvalue weighted by atomic mass is 19.1. The minimum atomic E-state index is -0.393. The van der Waals surface area contributed by atoms with E-state index in [4.69, 9.17) is 0 Å². The Hall–Kier alpha value is -3.67. The van der Waals surface area contributed by atoms with Crippen molar-refractivity contribution in [1.29, 1.82) is 0 Å². The van der Waals surface area contributed by atoms with Crippen LogP contribution in [0.4, 0.5) is 21.5 Å². The van der Waals surface area contributed by atoms with Crippen LogP contribution in [-0.4, -0.2) is 24.9 Å². The molecule has 4 rings (SSSR count). The van der Waals surface area contributed by atoms with Crippen LogP contribution in [0, 0.1) is 5.82 Å². The molecular formula is C25H24FN3O2. The van der Waals surface area contributed by atoms with E-state index in [9.17, 15) is 14.0 Å². The molecule has 0 aliphatic carbocycles. The van der Waals surface area contributed by atoms with E-state index in [1.54, 1.807) is 54.6 Å². The van der Waals surface area contributed by atoms with Crippen LogP contribution in [0.3, 0.4) is 0 Å². The molecule has 1 aliphatic heterocycles. The molecule has 1 heterocycles. The number of nitrogens with one attached hydrogen (secondary N) is 2. The van der Waals surface area contributed by atoms with Gasteiger partial charge in [-0.2, -0.15) is 0 Å². The van der Waals surface area contributed by atoms with Gasteiger partial charge in [-0.1, -0.05) is 18.2 Å². The van der Waals surface area contributed by atoms with Crippen LogP contribution >= 0.6 is 0 Å². The number of carbonyl (C=O) groups excluding carboxylic acids is 2. The Morgan fingerprint density at radius 2 is 1.39 bits per heavy atom. The van der Waals surface area contributed by atoms with Crippen molar-refractivity contribution in [3.63, 3.8) is 0 Å². The average molecular weight is 417 g/mol. The van der Waals surface area contributed by atoms with E-state index in [2.05, 4.69) is 15.5 Å². The van der Waals surface area contributed by atoms with Crippen molar-refractivity contribution in [2.24, 2.45) is 0 Å². The Morgan fingerprint density at radius 3 is 2.10 bits per heavy atom. The molecule has 2 N–H and O–H groups in total. The van der Waals surface area contributed by atoms with E-state index in [0.717, 1.165) is 31.6 Å². The summed E-state index contributed by atoms with van der Waals surface area (Å²) in [5, 5.41) is 5.65. The monoisotopic (exact) mass is 417 g/mol. The van der Waals surface area contributed by atoms with Crippen molar-refractivity contribution in [3.8, 4) is 0 Å². The highest BCUT2D eigenvalue weighted by molar-refractivity contribution is 6.07. The third-order valence-electron chi connectivity index (χ3n) is 5.34. The normalized spacial score (nSPS) is 13.5. The van der Waals surface area contributed by atoms with Crippen LogP contribution in [0.5, 0.6) is 0 Å². The number of halogens is 1. The summed E-state index contributed by atoms with van der Waals surface area (Å²) in [6, 6.07) is 20.0. The van der Waals surface area contributed by atoms with Gasteiger partial charge in [-0.05, 0) is 73.9 Å². The van der Waals surface area contributed by atoms with Crippen LogP contribution in [-0.2, 0) is 0 Å².